The third kappa shape index (κ3) is 3.49. The Labute approximate surface area is 156 Å². The number of nitrogens with zero attached hydrogens (tertiary/aromatic N) is 2. The number of rotatable bonds is 3. The van der Waals surface area contributed by atoms with E-state index in [2.05, 4.69) is 5.16 Å². The molecule has 1 atom stereocenters. The zero-order chi connectivity index (χ0) is 17.9. The molecule has 0 N–H and O–H groups in total. The van der Waals surface area contributed by atoms with Crippen molar-refractivity contribution in [2.45, 2.75) is 6.10 Å². The molecule has 1 amide bonds. The summed E-state index contributed by atoms with van der Waals surface area (Å²) in [7, 11) is 0. The van der Waals surface area contributed by atoms with Gasteiger partial charge in [-0.1, -0.05) is 59.2 Å². The van der Waals surface area contributed by atoms with Crippen molar-refractivity contribution >= 4 is 17.5 Å². The number of benzene rings is 2. The maximum Gasteiger partial charge on any atom is 0.276 e. The van der Waals surface area contributed by atoms with E-state index in [4.69, 9.17) is 20.9 Å². The summed E-state index contributed by atoms with van der Waals surface area (Å²) in [5.41, 5.74) is 2.15. The maximum atomic E-state index is 12.8. The Morgan fingerprint density at radius 2 is 1.96 bits per heavy atom. The van der Waals surface area contributed by atoms with Gasteiger partial charge < -0.3 is 14.2 Å². The van der Waals surface area contributed by atoms with Gasteiger partial charge in [0, 0.05) is 23.2 Å². The molecular weight excluding hydrogens is 352 g/mol. The molecular formula is C20H17ClN2O3. The third-order valence-corrected chi connectivity index (χ3v) is 4.60. The molecule has 2 aromatic carbocycles. The van der Waals surface area contributed by atoms with Crippen LogP contribution in [0.2, 0.25) is 5.02 Å². The summed E-state index contributed by atoms with van der Waals surface area (Å²) >= 11 is 6.06. The Morgan fingerprint density at radius 1 is 1.12 bits per heavy atom. The highest BCUT2D eigenvalue weighted by Gasteiger charge is 2.28. The number of morpholine rings is 1. The van der Waals surface area contributed by atoms with Crippen LogP contribution in [-0.4, -0.2) is 35.7 Å². The number of aromatic nitrogens is 1. The number of amides is 1. The Morgan fingerprint density at radius 3 is 2.77 bits per heavy atom. The third-order valence-electron chi connectivity index (χ3n) is 4.36. The molecule has 132 valence electrons. The number of carbonyl (C=O) groups excluding carboxylic acids is 1. The molecule has 5 nitrogen and oxygen atoms in total. The second-order valence-electron chi connectivity index (χ2n) is 6.11. The Bertz CT molecular complexity index is 910. The van der Waals surface area contributed by atoms with Crippen molar-refractivity contribution in [2.75, 3.05) is 19.7 Å². The summed E-state index contributed by atoms with van der Waals surface area (Å²) < 4.78 is 11.2. The van der Waals surface area contributed by atoms with Gasteiger partial charge in [-0.2, -0.15) is 0 Å². The number of hydrogen-bond donors (Lipinski definition) is 0. The standard InChI is InChI=1S/C20H17ClN2O3/c21-16-8-4-7-15(11-16)19-13-23(9-10-25-19)20(24)17-12-18(26-22-17)14-5-2-1-3-6-14/h1-8,11-12,19H,9-10,13H2. The van der Waals surface area contributed by atoms with Gasteiger partial charge in [-0.3, -0.25) is 4.79 Å². The topological polar surface area (TPSA) is 55.6 Å². The van der Waals surface area contributed by atoms with E-state index < -0.39 is 0 Å². The Kier molecular flexibility index (Phi) is 4.73. The molecule has 2 heterocycles. The normalized spacial score (nSPS) is 17.3. The van der Waals surface area contributed by atoms with Gasteiger partial charge in [0.15, 0.2) is 11.5 Å². The summed E-state index contributed by atoms with van der Waals surface area (Å²) in [6, 6.07) is 18.8. The highest BCUT2D eigenvalue weighted by Crippen LogP contribution is 2.26. The molecule has 6 heteroatoms. The van der Waals surface area contributed by atoms with Crippen LogP contribution in [0, 0.1) is 0 Å². The summed E-state index contributed by atoms with van der Waals surface area (Å²) in [6.45, 7) is 1.43. The van der Waals surface area contributed by atoms with E-state index >= 15 is 0 Å². The van der Waals surface area contributed by atoms with Gasteiger partial charge in [0.1, 0.15) is 6.10 Å². The van der Waals surface area contributed by atoms with E-state index in [0.29, 0.717) is 36.2 Å². The van der Waals surface area contributed by atoms with Gasteiger partial charge in [0.05, 0.1) is 13.2 Å². The van der Waals surface area contributed by atoms with Crippen molar-refractivity contribution in [3.8, 4) is 11.3 Å². The predicted molar refractivity (Wildman–Crippen MR) is 98.0 cm³/mol. The van der Waals surface area contributed by atoms with E-state index in [9.17, 15) is 4.79 Å². The van der Waals surface area contributed by atoms with Crippen LogP contribution in [0.25, 0.3) is 11.3 Å². The van der Waals surface area contributed by atoms with E-state index in [1.165, 1.54) is 0 Å². The van der Waals surface area contributed by atoms with Crippen LogP contribution in [-0.2, 0) is 4.74 Å². The second-order valence-corrected chi connectivity index (χ2v) is 6.54. The maximum absolute atomic E-state index is 12.8. The van der Waals surface area contributed by atoms with Crippen LogP contribution < -0.4 is 0 Å². The van der Waals surface area contributed by atoms with Gasteiger partial charge in [-0.25, -0.2) is 0 Å². The average Bonchev–Trinajstić information content (AvgIpc) is 3.18. The molecule has 26 heavy (non-hydrogen) atoms. The monoisotopic (exact) mass is 368 g/mol. The average molecular weight is 369 g/mol. The lowest BCUT2D eigenvalue weighted by atomic mass is 10.1. The first kappa shape index (κ1) is 16.8. The molecule has 1 saturated heterocycles. The Hall–Kier alpha value is -2.63. The van der Waals surface area contributed by atoms with Crippen LogP contribution >= 0.6 is 11.6 Å². The molecule has 1 aliphatic rings. The van der Waals surface area contributed by atoms with Crippen molar-refractivity contribution in [3.05, 3.63) is 76.9 Å². The fourth-order valence-electron chi connectivity index (χ4n) is 3.02. The first-order valence-corrected chi connectivity index (χ1v) is 8.77. The van der Waals surface area contributed by atoms with Crippen LogP contribution in [0.5, 0.6) is 0 Å². The van der Waals surface area contributed by atoms with Gasteiger partial charge >= 0.3 is 0 Å². The molecule has 1 aromatic heterocycles. The lowest BCUT2D eigenvalue weighted by Crippen LogP contribution is -2.42. The molecule has 1 aliphatic heterocycles. The molecule has 4 rings (SSSR count). The van der Waals surface area contributed by atoms with E-state index in [1.807, 2.05) is 54.6 Å². The molecule has 0 radical (unpaired) electrons. The van der Waals surface area contributed by atoms with E-state index in [0.717, 1.165) is 11.1 Å². The lowest BCUT2D eigenvalue weighted by Gasteiger charge is -2.32. The highest BCUT2D eigenvalue weighted by molar-refractivity contribution is 6.30. The molecule has 0 bridgehead atoms. The zero-order valence-electron chi connectivity index (χ0n) is 14.0. The summed E-state index contributed by atoms with van der Waals surface area (Å²) in [5, 5.41) is 4.60. The SMILES string of the molecule is O=C(c1cc(-c2ccccc2)on1)N1CCOC(c2cccc(Cl)c2)C1. The summed E-state index contributed by atoms with van der Waals surface area (Å²) in [5.74, 6) is 0.417. The van der Waals surface area contributed by atoms with E-state index in [1.54, 1.807) is 11.0 Å². The van der Waals surface area contributed by atoms with Crippen molar-refractivity contribution in [2.24, 2.45) is 0 Å². The van der Waals surface area contributed by atoms with Crippen LogP contribution in [0.1, 0.15) is 22.2 Å². The van der Waals surface area contributed by atoms with Gasteiger partial charge in [-0.05, 0) is 17.7 Å². The van der Waals surface area contributed by atoms with Gasteiger partial charge in [0.2, 0.25) is 0 Å². The first-order valence-electron chi connectivity index (χ1n) is 8.39. The Balaban J connectivity index is 1.50. The molecule has 0 spiro atoms. The fraction of sp³-hybridized carbons (Fsp3) is 0.200. The first-order chi connectivity index (χ1) is 12.7. The van der Waals surface area contributed by atoms with Crippen LogP contribution in [0.3, 0.4) is 0 Å². The second kappa shape index (κ2) is 7.32. The number of ether oxygens (including phenoxy) is 1. The zero-order valence-corrected chi connectivity index (χ0v) is 14.7. The smallest absolute Gasteiger partial charge is 0.276 e. The molecule has 1 unspecified atom stereocenters. The number of halogens is 1. The molecule has 3 aromatic rings. The van der Waals surface area contributed by atoms with Gasteiger partial charge in [-0.15, -0.1) is 0 Å². The van der Waals surface area contributed by atoms with Crippen molar-refractivity contribution in [1.29, 1.82) is 0 Å². The minimum absolute atomic E-state index is 0.161. The highest BCUT2D eigenvalue weighted by atomic mass is 35.5. The van der Waals surface area contributed by atoms with Crippen molar-refractivity contribution in [3.63, 3.8) is 0 Å². The summed E-state index contributed by atoms with van der Waals surface area (Å²) in [6.07, 6.45) is -0.202. The predicted octanol–water partition coefficient (Wildman–Crippen LogP) is 4.21. The lowest BCUT2D eigenvalue weighted by molar-refractivity contribution is -0.0231. The van der Waals surface area contributed by atoms with Crippen LogP contribution in [0.4, 0.5) is 0 Å². The largest absolute Gasteiger partial charge is 0.370 e. The minimum atomic E-state index is -0.202. The van der Waals surface area contributed by atoms with Crippen molar-refractivity contribution in [1.82, 2.24) is 10.1 Å². The number of hydrogen-bond acceptors (Lipinski definition) is 4. The van der Waals surface area contributed by atoms with E-state index in [-0.39, 0.29) is 12.0 Å². The number of carbonyl (C=O) groups is 1. The quantitative estimate of drug-likeness (QED) is 0.695. The van der Waals surface area contributed by atoms with Crippen molar-refractivity contribution < 1.29 is 14.1 Å². The molecule has 1 fully saturated rings. The molecule has 0 saturated carbocycles. The summed E-state index contributed by atoms with van der Waals surface area (Å²) in [4.78, 5) is 14.5. The van der Waals surface area contributed by atoms with Crippen LogP contribution in [0.15, 0.2) is 65.2 Å². The fourth-order valence-corrected chi connectivity index (χ4v) is 3.22. The van der Waals surface area contributed by atoms with Gasteiger partial charge in [0.25, 0.3) is 5.91 Å². The minimum Gasteiger partial charge on any atom is -0.370 e. The molecule has 0 aliphatic carbocycles.